The smallest absolute Gasteiger partial charge is 0.142 e. The lowest BCUT2D eigenvalue weighted by atomic mass is 9.83. The van der Waals surface area contributed by atoms with Crippen molar-refractivity contribution in [3.8, 4) is 5.75 Å². The van der Waals surface area contributed by atoms with Gasteiger partial charge in [0.15, 0.2) is 0 Å². The van der Waals surface area contributed by atoms with Crippen LogP contribution in [0.2, 0.25) is 0 Å². The molecule has 0 radical (unpaired) electrons. The van der Waals surface area contributed by atoms with Crippen molar-refractivity contribution in [2.24, 2.45) is 11.8 Å². The van der Waals surface area contributed by atoms with Crippen molar-refractivity contribution < 1.29 is 4.74 Å². The monoisotopic (exact) mass is 247 g/mol. The summed E-state index contributed by atoms with van der Waals surface area (Å²) in [6, 6.07) is 4.09. The molecule has 0 heterocycles. The van der Waals surface area contributed by atoms with E-state index in [1.54, 1.807) is 0 Å². The van der Waals surface area contributed by atoms with E-state index in [4.69, 9.17) is 10.5 Å². The maximum absolute atomic E-state index is 6.10. The van der Waals surface area contributed by atoms with Crippen LogP contribution in [-0.2, 0) is 0 Å². The first-order valence-electron chi connectivity index (χ1n) is 7.06. The molecule has 1 aliphatic rings. The van der Waals surface area contributed by atoms with Gasteiger partial charge in [-0.15, -0.1) is 0 Å². The Morgan fingerprint density at radius 1 is 1.17 bits per heavy atom. The molecular formula is C16H25NO. The van der Waals surface area contributed by atoms with Gasteiger partial charge < -0.3 is 10.5 Å². The molecule has 18 heavy (non-hydrogen) atoms. The summed E-state index contributed by atoms with van der Waals surface area (Å²) < 4.78 is 5.92. The van der Waals surface area contributed by atoms with Crippen molar-refractivity contribution in [2.75, 3.05) is 12.3 Å². The van der Waals surface area contributed by atoms with Crippen molar-refractivity contribution in [1.82, 2.24) is 0 Å². The molecule has 0 aromatic heterocycles. The van der Waals surface area contributed by atoms with Crippen LogP contribution in [0.15, 0.2) is 12.1 Å². The number of nitrogens with two attached hydrogens (primary N) is 1. The van der Waals surface area contributed by atoms with Gasteiger partial charge in [-0.05, 0) is 55.7 Å². The van der Waals surface area contributed by atoms with E-state index < -0.39 is 0 Å². The number of hydrogen-bond donors (Lipinski definition) is 1. The van der Waals surface area contributed by atoms with Crippen LogP contribution in [-0.4, -0.2) is 6.61 Å². The summed E-state index contributed by atoms with van der Waals surface area (Å²) in [5, 5.41) is 0. The fourth-order valence-electron chi connectivity index (χ4n) is 2.64. The normalized spacial score (nSPS) is 23.9. The molecular weight excluding hydrogens is 222 g/mol. The van der Waals surface area contributed by atoms with Gasteiger partial charge in [-0.25, -0.2) is 0 Å². The van der Waals surface area contributed by atoms with Crippen LogP contribution in [0, 0.1) is 25.7 Å². The minimum absolute atomic E-state index is 0.710. The van der Waals surface area contributed by atoms with Crippen molar-refractivity contribution >= 4 is 5.69 Å². The Morgan fingerprint density at radius 2 is 1.83 bits per heavy atom. The molecule has 100 valence electrons. The molecule has 0 aliphatic heterocycles. The van der Waals surface area contributed by atoms with E-state index in [-0.39, 0.29) is 0 Å². The Hall–Kier alpha value is -1.18. The van der Waals surface area contributed by atoms with Gasteiger partial charge in [-0.3, -0.25) is 0 Å². The average Bonchev–Trinajstić information content (AvgIpc) is 2.37. The number of rotatable bonds is 3. The topological polar surface area (TPSA) is 35.2 Å². The van der Waals surface area contributed by atoms with E-state index in [0.29, 0.717) is 5.92 Å². The maximum Gasteiger partial charge on any atom is 0.142 e. The number of ether oxygens (including phenoxy) is 1. The van der Waals surface area contributed by atoms with Gasteiger partial charge in [0.2, 0.25) is 0 Å². The number of aryl methyl sites for hydroxylation is 1. The molecule has 2 nitrogen and oxygen atoms in total. The van der Waals surface area contributed by atoms with Crippen molar-refractivity contribution in [3.63, 3.8) is 0 Å². The van der Waals surface area contributed by atoms with Crippen LogP contribution in [0.25, 0.3) is 0 Å². The predicted molar refractivity (Wildman–Crippen MR) is 76.9 cm³/mol. The number of nitrogen functional groups attached to an aromatic ring is 1. The van der Waals surface area contributed by atoms with E-state index in [1.165, 1.54) is 31.2 Å². The zero-order chi connectivity index (χ0) is 13.1. The van der Waals surface area contributed by atoms with E-state index in [0.717, 1.165) is 29.5 Å². The molecule has 2 rings (SSSR count). The number of hydrogen-bond acceptors (Lipinski definition) is 2. The van der Waals surface area contributed by atoms with Gasteiger partial charge in [-0.2, -0.15) is 0 Å². The standard InChI is InChI=1S/C16H25NO/c1-11-4-7-14(8-5-11)10-18-15-9-6-12(2)13(3)16(15)17/h6,9,11,14H,4-5,7-8,10,17H2,1-3H3. The summed E-state index contributed by atoms with van der Waals surface area (Å²) in [4.78, 5) is 0. The Labute approximate surface area is 111 Å². The van der Waals surface area contributed by atoms with Crippen molar-refractivity contribution in [2.45, 2.75) is 46.5 Å². The SMILES string of the molecule is Cc1ccc(OCC2CCC(C)CC2)c(N)c1C. The van der Waals surface area contributed by atoms with Crippen LogP contribution >= 0.6 is 0 Å². The molecule has 2 N–H and O–H groups in total. The van der Waals surface area contributed by atoms with Crippen molar-refractivity contribution in [3.05, 3.63) is 23.3 Å². The van der Waals surface area contributed by atoms with Gasteiger partial charge in [-0.1, -0.05) is 25.8 Å². The molecule has 0 saturated heterocycles. The molecule has 1 aromatic rings. The lowest BCUT2D eigenvalue weighted by molar-refractivity contribution is 0.188. The fourth-order valence-corrected chi connectivity index (χ4v) is 2.64. The largest absolute Gasteiger partial charge is 0.491 e. The third kappa shape index (κ3) is 2.98. The summed E-state index contributed by atoms with van der Waals surface area (Å²) in [6.07, 6.45) is 5.28. The molecule has 1 aromatic carbocycles. The van der Waals surface area contributed by atoms with Crippen LogP contribution < -0.4 is 10.5 Å². The number of benzene rings is 1. The minimum Gasteiger partial charge on any atom is -0.491 e. The van der Waals surface area contributed by atoms with Crippen LogP contribution in [0.5, 0.6) is 5.75 Å². The molecule has 2 heteroatoms. The summed E-state index contributed by atoms with van der Waals surface area (Å²) in [5.74, 6) is 2.46. The van der Waals surface area contributed by atoms with Crippen LogP contribution in [0.3, 0.4) is 0 Å². The summed E-state index contributed by atoms with van der Waals surface area (Å²) in [5.41, 5.74) is 9.27. The third-order valence-electron chi connectivity index (χ3n) is 4.36. The first-order valence-corrected chi connectivity index (χ1v) is 7.06. The third-order valence-corrected chi connectivity index (χ3v) is 4.36. The zero-order valence-electron chi connectivity index (χ0n) is 11.8. The molecule has 1 fully saturated rings. The van der Waals surface area contributed by atoms with Gasteiger partial charge >= 0.3 is 0 Å². The highest BCUT2D eigenvalue weighted by Gasteiger charge is 2.19. The Bertz CT molecular complexity index is 406. The molecule has 0 atom stereocenters. The highest BCUT2D eigenvalue weighted by molar-refractivity contribution is 5.60. The second kappa shape index (κ2) is 5.64. The van der Waals surface area contributed by atoms with Crippen molar-refractivity contribution in [1.29, 1.82) is 0 Å². The summed E-state index contributed by atoms with van der Waals surface area (Å²) in [6.45, 7) is 7.30. The highest BCUT2D eigenvalue weighted by atomic mass is 16.5. The lowest BCUT2D eigenvalue weighted by Crippen LogP contribution is -2.19. The molecule has 0 bridgehead atoms. The Balaban J connectivity index is 1.92. The van der Waals surface area contributed by atoms with Crippen LogP contribution in [0.4, 0.5) is 5.69 Å². The van der Waals surface area contributed by atoms with E-state index >= 15 is 0 Å². The first-order chi connectivity index (χ1) is 8.58. The molecule has 1 saturated carbocycles. The molecule has 0 amide bonds. The summed E-state index contributed by atoms with van der Waals surface area (Å²) in [7, 11) is 0. The fraction of sp³-hybridized carbons (Fsp3) is 0.625. The second-order valence-electron chi connectivity index (χ2n) is 5.86. The van der Waals surface area contributed by atoms with E-state index in [2.05, 4.69) is 26.8 Å². The molecule has 0 spiro atoms. The predicted octanol–water partition coefficient (Wildman–Crippen LogP) is 4.09. The lowest BCUT2D eigenvalue weighted by Gasteiger charge is -2.26. The zero-order valence-corrected chi connectivity index (χ0v) is 11.8. The Kier molecular flexibility index (Phi) is 4.15. The molecule has 1 aliphatic carbocycles. The van der Waals surface area contributed by atoms with E-state index in [9.17, 15) is 0 Å². The maximum atomic E-state index is 6.10. The van der Waals surface area contributed by atoms with E-state index in [1.807, 2.05) is 6.07 Å². The molecule has 0 unspecified atom stereocenters. The van der Waals surface area contributed by atoms with Gasteiger partial charge in [0.25, 0.3) is 0 Å². The minimum atomic E-state index is 0.710. The first kappa shape index (κ1) is 13.3. The van der Waals surface area contributed by atoms with Gasteiger partial charge in [0.05, 0.1) is 12.3 Å². The van der Waals surface area contributed by atoms with Crippen LogP contribution in [0.1, 0.15) is 43.7 Å². The quantitative estimate of drug-likeness (QED) is 0.816. The summed E-state index contributed by atoms with van der Waals surface area (Å²) >= 11 is 0. The van der Waals surface area contributed by atoms with Gasteiger partial charge in [0.1, 0.15) is 5.75 Å². The number of anilines is 1. The average molecular weight is 247 g/mol. The highest BCUT2D eigenvalue weighted by Crippen LogP contribution is 2.31. The second-order valence-corrected chi connectivity index (χ2v) is 5.86. The Morgan fingerprint density at radius 3 is 2.50 bits per heavy atom. The van der Waals surface area contributed by atoms with Gasteiger partial charge in [0, 0.05) is 0 Å².